The van der Waals surface area contributed by atoms with Gasteiger partial charge in [-0.2, -0.15) is 0 Å². The smallest absolute Gasteiger partial charge is 0.228 e. The number of nitrogen functional groups attached to an aromatic ring is 3. The van der Waals surface area contributed by atoms with Crippen molar-refractivity contribution < 1.29 is 18.8 Å². The normalized spacial score (nSPS) is 19.2. The summed E-state index contributed by atoms with van der Waals surface area (Å²) in [6, 6.07) is 31.0. The van der Waals surface area contributed by atoms with Crippen LogP contribution in [0.25, 0.3) is 83.6 Å². The number of hydrogen-bond acceptors (Lipinski definition) is 16. The number of fused-ring (bicyclic) bond motifs is 6. The highest BCUT2D eigenvalue weighted by molar-refractivity contribution is 5.96. The van der Waals surface area contributed by atoms with Gasteiger partial charge in [0.05, 0.1) is 17.6 Å². The number of nitrogens with two attached hydrogens (primary N) is 3. The Morgan fingerprint density at radius 2 is 1.12 bits per heavy atom. The third-order valence-electron chi connectivity index (χ3n) is 21.9. The number of hydrogen-bond donors (Lipinski definition) is 6. The van der Waals surface area contributed by atoms with Gasteiger partial charge in [-0.1, -0.05) is 60.7 Å². The molecule has 1 amide bonds. The van der Waals surface area contributed by atoms with Crippen molar-refractivity contribution in [1.82, 2.24) is 68.0 Å². The van der Waals surface area contributed by atoms with Crippen molar-refractivity contribution >= 4 is 90.1 Å². The fourth-order valence-electron chi connectivity index (χ4n) is 16.2. The maximum Gasteiger partial charge on any atom is 0.228 e. The number of imidazole rings is 3. The maximum atomic E-state index is 13.0. The van der Waals surface area contributed by atoms with Crippen LogP contribution in [0.4, 0.5) is 23.3 Å². The van der Waals surface area contributed by atoms with Crippen molar-refractivity contribution in [3.63, 3.8) is 0 Å². The number of carbonyl (C=O) groups excluding carboxylic acids is 3. The van der Waals surface area contributed by atoms with Crippen LogP contribution in [0.2, 0.25) is 0 Å². The lowest BCUT2D eigenvalue weighted by atomic mass is 9.78. The van der Waals surface area contributed by atoms with Crippen LogP contribution in [0, 0.1) is 31.6 Å². The Kier molecular flexibility index (Phi) is 18.1. The van der Waals surface area contributed by atoms with Gasteiger partial charge < -0.3 is 41.7 Å². The second-order valence-electron chi connectivity index (χ2n) is 28.7. The second kappa shape index (κ2) is 28.2. The van der Waals surface area contributed by atoms with Crippen LogP contribution in [0.15, 0.2) is 157 Å². The van der Waals surface area contributed by atoms with Gasteiger partial charge in [0.1, 0.15) is 85.7 Å². The Balaban J connectivity index is 0.000000119. The molecule has 22 nitrogen and oxygen atoms in total. The largest absolute Gasteiger partial charge is 0.454 e. The fourth-order valence-corrected chi connectivity index (χ4v) is 16.2. The van der Waals surface area contributed by atoms with E-state index in [1.165, 1.54) is 29.3 Å². The molecule has 0 aliphatic heterocycles. The SMILES string of the molecule is CC(=O)CCC1CCC(c2nc(-c3cc4cccc(C5CC5)c4[nH]3)c3c(N)nccn23)CC1.Cc1ccc(CC(=O)C2CCC(c3nc(-c4oc5ccccc5c4C)c4c(N)nccn34)CC2)cn1.Nc1nccn2c(C3CCC(C(=O)Nc4cnccn4)CC3)nc(-c3cc4ccccc4[nH]3)c12. The predicted octanol–water partition coefficient (Wildman–Crippen LogP) is 16.0. The van der Waals surface area contributed by atoms with Gasteiger partial charge in [-0.3, -0.25) is 32.8 Å². The number of nitrogens with one attached hydrogen (secondary N) is 3. The number of aromatic amines is 2. The number of Topliss-reactive ketones (excluding diaryl/α,β-unsaturated/α-hetero) is 2. The van der Waals surface area contributed by atoms with Crippen molar-refractivity contribution in [2.24, 2.45) is 17.8 Å². The van der Waals surface area contributed by atoms with E-state index in [2.05, 4.69) is 108 Å². The van der Waals surface area contributed by atoms with Gasteiger partial charge in [0.15, 0.2) is 11.6 Å². The minimum Gasteiger partial charge on any atom is -0.454 e. The number of carbonyl (C=O) groups is 3. The molecule has 4 saturated carbocycles. The average molecular weight is 1370 g/mol. The number of para-hydroxylation sites is 3. The Morgan fingerprint density at radius 3 is 1.71 bits per heavy atom. The second-order valence-corrected chi connectivity index (χ2v) is 28.7. The van der Waals surface area contributed by atoms with Gasteiger partial charge in [-0.05, 0) is 170 Å². The fraction of sp³-hybridized carbons (Fsp3) is 0.333. The zero-order chi connectivity index (χ0) is 70.4. The third-order valence-corrected chi connectivity index (χ3v) is 21.9. The van der Waals surface area contributed by atoms with E-state index < -0.39 is 0 Å². The molecule has 0 bridgehead atoms. The highest BCUT2D eigenvalue weighted by Crippen LogP contribution is 2.47. The van der Waals surface area contributed by atoms with Crippen LogP contribution in [0.1, 0.15) is 173 Å². The van der Waals surface area contributed by atoms with E-state index in [1.807, 2.05) is 80.2 Å². The predicted molar refractivity (Wildman–Crippen MR) is 401 cm³/mol. The number of aryl methyl sites for hydroxylation is 2. The number of pyridine rings is 1. The lowest BCUT2D eigenvalue weighted by Crippen LogP contribution is -2.27. The van der Waals surface area contributed by atoms with Crippen LogP contribution in [-0.4, -0.2) is 85.5 Å². The summed E-state index contributed by atoms with van der Waals surface area (Å²) < 4.78 is 12.5. The topological polar surface area (TPSA) is 315 Å². The third kappa shape index (κ3) is 13.4. The number of benzene rings is 3. The number of amides is 1. The zero-order valence-electron chi connectivity index (χ0n) is 58.2. The van der Waals surface area contributed by atoms with Gasteiger partial charge >= 0.3 is 0 Å². The van der Waals surface area contributed by atoms with Crippen LogP contribution in [0.5, 0.6) is 0 Å². The average Bonchev–Trinajstić information content (AvgIpc) is 1.61. The zero-order valence-corrected chi connectivity index (χ0v) is 58.2. The van der Waals surface area contributed by atoms with E-state index >= 15 is 0 Å². The first kappa shape index (κ1) is 66.1. The van der Waals surface area contributed by atoms with Crippen molar-refractivity contribution in [3.8, 4) is 34.2 Å². The molecule has 0 radical (unpaired) electrons. The summed E-state index contributed by atoms with van der Waals surface area (Å²) in [5.41, 5.74) is 33.4. The van der Waals surface area contributed by atoms with Gasteiger partial charge in [0.2, 0.25) is 5.91 Å². The quantitative estimate of drug-likeness (QED) is 0.0555. The summed E-state index contributed by atoms with van der Waals surface area (Å²) in [6.07, 6.45) is 33.6. The summed E-state index contributed by atoms with van der Waals surface area (Å²) in [7, 11) is 0. The lowest BCUT2D eigenvalue weighted by molar-refractivity contribution is -0.123. The number of furan rings is 1. The van der Waals surface area contributed by atoms with E-state index in [-0.39, 0.29) is 29.6 Å². The Labute approximate surface area is 594 Å². The van der Waals surface area contributed by atoms with Crippen LogP contribution >= 0.6 is 0 Å². The van der Waals surface area contributed by atoms with Crippen molar-refractivity contribution in [1.29, 1.82) is 0 Å². The van der Waals surface area contributed by atoms with Crippen LogP contribution in [-0.2, 0) is 20.8 Å². The van der Waals surface area contributed by atoms with Gasteiger partial charge in [-0.25, -0.2) is 34.9 Å². The first-order valence-electron chi connectivity index (χ1n) is 36.3. The molecule has 4 aliphatic rings. The first-order chi connectivity index (χ1) is 50.2. The molecule has 0 atom stereocenters. The first-order valence-corrected chi connectivity index (χ1v) is 36.3. The van der Waals surface area contributed by atoms with Crippen molar-refractivity contribution in [3.05, 3.63) is 193 Å². The minimum absolute atomic E-state index is 0.000800. The molecule has 22 heteroatoms. The molecule has 103 heavy (non-hydrogen) atoms. The van der Waals surface area contributed by atoms with Crippen molar-refractivity contribution in [2.75, 3.05) is 22.5 Å². The molecule has 3 aromatic carbocycles. The molecule has 4 fully saturated rings. The van der Waals surface area contributed by atoms with E-state index in [0.717, 1.165) is 190 Å². The van der Waals surface area contributed by atoms with E-state index in [9.17, 15) is 14.4 Å². The summed E-state index contributed by atoms with van der Waals surface area (Å²) >= 11 is 0. The maximum absolute atomic E-state index is 13.0. The summed E-state index contributed by atoms with van der Waals surface area (Å²) in [4.78, 5) is 85.1. The van der Waals surface area contributed by atoms with Crippen LogP contribution < -0.4 is 22.5 Å². The summed E-state index contributed by atoms with van der Waals surface area (Å²) in [5.74, 6) is 8.45. The van der Waals surface area contributed by atoms with E-state index in [1.54, 1.807) is 44.1 Å². The number of ketones is 2. The monoisotopic (exact) mass is 1370 g/mol. The number of anilines is 4. The van der Waals surface area contributed by atoms with E-state index in [4.69, 9.17) is 36.6 Å². The van der Waals surface area contributed by atoms with Gasteiger partial charge in [-0.15, -0.1) is 0 Å². The van der Waals surface area contributed by atoms with E-state index in [0.29, 0.717) is 65.4 Å². The summed E-state index contributed by atoms with van der Waals surface area (Å²) in [6.45, 7) is 5.70. The van der Waals surface area contributed by atoms with Crippen molar-refractivity contribution in [2.45, 2.75) is 154 Å². The molecule has 9 N–H and O–H groups in total. The minimum atomic E-state index is -0.0515. The Morgan fingerprint density at radius 1 is 0.553 bits per heavy atom. The molecule has 11 heterocycles. The standard InChI is InChI=1S/C29H29N5O2.C27H31N5O.C25H24N8O/c1-17-7-8-19(16-32-17)15-23(35)20-9-11-21(12-10-20)29-33-25(26-28(30)31-13-14-34(26)29)27-18(2)22-5-3-4-6-24(22)36-27;1-16(33)5-6-17-7-9-19(10-8-17)27-31-24(25-26(28)29-13-14-32(25)27)22-15-20-3-2-4-21(18-11-12-18)23(20)30-22;26-23-22-21(19-13-17-3-1-2-4-18(17)30-19)32-24(33(22)12-11-29-23)15-5-7-16(8-6-15)25(34)31-20-14-27-9-10-28-20/h3-8,13-14,16,20-21H,9-12,15H2,1-2H3,(H2,30,31);2-4,13-15,17-19,30H,5-12H2,1H3,(H2,28,29);1-4,9-16,30H,5-8H2,(H2,26,29)(H,28,31,34). The Bertz CT molecular complexity index is 5430. The van der Waals surface area contributed by atoms with Gasteiger partial charge in [0.25, 0.3) is 0 Å². The summed E-state index contributed by atoms with van der Waals surface area (Å²) in [5, 5.41) is 6.30. The highest BCUT2D eigenvalue weighted by Gasteiger charge is 2.35. The highest BCUT2D eigenvalue weighted by atomic mass is 16.3. The molecule has 14 aromatic rings. The molecule has 18 rings (SSSR count). The molecule has 4 aliphatic carbocycles. The molecule has 0 spiro atoms. The molecule has 0 unspecified atom stereocenters. The molecule has 11 aromatic heterocycles. The molecular weight excluding hydrogens is 1290 g/mol. The lowest BCUT2D eigenvalue weighted by Gasteiger charge is -2.27. The molecular formula is C81H84N18O4. The van der Waals surface area contributed by atoms with Crippen LogP contribution in [0.3, 0.4) is 0 Å². The number of H-pyrrole nitrogens is 2. The number of nitrogens with zero attached hydrogens (tertiary/aromatic N) is 12. The Hall–Kier alpha value is -11.4. The van der Waals surface area contributed by atoms with Gasteiger partial charge in [0, 0.05) is 137 Å². The number of rotatable bonds is 15. The molecule has 522 valence electrons. The number of aromatic nitrogens is 14. The molecule has 0 saturated heterocycles.